The lowest BCUT2D eigenvalue weighted by Gasteiger charge is -2.16. The highest BCUT2D eigenvalue weighted by Crippen LogP contribution is 2.23. The standard InChI is InChI=1S/C16H17NO4S/c1-11-7-13(10-22-11)14(8-15(18)19)17-16(20)21-9-12-5-3-2-4-6-12/h2-7,10,14H,8-9H2,1H3,(H,17,20)(H,18,19). The summed E-state index contributed by atoms with van der Waals surface area (Å²) in [7, 11) is 0. The SMILES string of the molecule is Cc1cc(C(CC(=O)O)NC(=O)OCc2ccccc2)cs1. The number of hydrogen-bond acceptors (Lipinski definition) is 4. The van der Waals surface area contributed by atoms with Crippen molar-refractivity contribution in [1.29, 1.82) is 0 Å². The summed E-state index contributed by atoms with van der Waals surface area (Å²) < 4.78 is 5.13. The Hall–Kier alpha value is -2.34. The van der Waals surface area contributed by atoms with Gasteiger partial charge in [0, 0.05) is 4.88 Å². The van der Waals surface area contributed by atoms with Crippen LogP contribution >= 0.6 is 11.3 Å². The minimum absolute atomic E-state index is 0.148. The normalized spacial score (nSPS) is 11.7. The van der Waals surface area contributed by atoms with E-state index < -0.39 is 18.1 Å². The van der Waals surface area contributed by atoms with Crippen LogP contribution in [-0.4, -0.2) is 17.2 Å². The second kappa shape index (κ2) is 7.61. The van der Waals surface area contributed by atoms with Gasteiger partial charge in [0.25, 0.3) is 0 Å². The predicted octanol–water partition coefficient (Wildman–Crippen LogP) is 3.50. The molecule has 0 saturated heterocycles. The lowest BCUT2D eigenvalue weighted by molar-refractivity contribution is -0.137. The van der Waals surface area contributed by atoms with E-state index >= 15 is 0 Å². The van der Waals surface area contributed by atoms with E-state index in [0.29, 0.717) is 0 Å². The summed E-state index contributed by atoms with van der Waals surface area (Å²) in [6, 6.07) is 10.6. The summed E-state index contributed by atoms with van der Waals surface area (Å²) >= 11 is 1.51. The molecule has 1 aromatic carbocycles. The largest absolute Gasteiger partial charge is 0.481 e. The lowest BCUT2D eigenvalue weighted by Crippen LogP contribution is -2.30. The van der Waals surface area contributed by atoms with Gasteiger partial charge < -0.3 is 15.2 Å². The van der Waals surface area contributed by atoms with Gasteiger partial charge in [0.05, 0.1) is 12.5 Å². The average Bonchev–Trinajstić information content (AvgIpc) is 2.92. The van der Waals surface area contributed by atoms with Crippen LogP contribution in [0.25, 0.3) is 0 Å². The summed E-state index contributed by atoms with van der Waals surface area (Å²) in [6.07, 6.45) is -0.810. The Balaban J connectivity index is 1.94. The highest BCUT2D eigenvalue weighted by Gasteiger charge is 2.19. The number of thiophene rings is 1. The number of amides is 1. The number of benzene rings is 1. The number of carbonyl (C=O) groups excluding carboxylic acids is 1. The Labute approximate surface area is 132 Å². The van der Waals surface area contributed by atoms with Gasteiger partial charge in [-0.2, -0.15) is 0 Å². The van der Waals surface area contributed by atoms with Crippen LogP contribution < -0.4 is 5.32 Å². The van der Waals surface area contributed by atoms with Gasteiger partial charge in [-0.15, -0.1) is 11.3 Å². The van der Waals surface area contributed by atoms with Crippen LogP contribution in [-0.2, 0) is 16.1 Å². The quantitative estimate of drug-likeness (QED) is 0.854. The van der Waals surface area contributed by atoms with Gasteiger partial charge in [0.2, 0.25) is 0 Å². The number of aryl methyl sites for hydroxylation is 1. The number of alkyl carbamates (subject to hydrolysis) is 1. The second-order valence-electron chi connectivity index (χ2n) is 4.85. The molecule has 0 aliphatic heterocycles. The molecule has 22 heavy (non-hydrogen) atoms. The van der Waals surface area contributed by atoms with Crippen molar-refractivity contribution in [2.24, 2.45) is 0 Å². The van der Waals surface area contributed by atoms with Gasteiger partial charge in [0.15, 0.2) is 0 Å². The van der Waals surface area contributed by atoms with Crippen LogP contribution in [0.3, 0.4) is 0 Å². The first kappa shape index (κ1) is 16.0. The molecule has 5 nitrogen and oxygen atoms in total. The highest BCUT2D eigenvalue weighted by atomic mass is 32.1. The number of ether oxygens (including phenoxy) is 1. The van der Waals surface area contributed by atoms with Crippen molar-refractivity contribution in [3.8, 4) is 0 Å². The van der Waals surface area contributed by atoms with E-state index in [1.807, 2.05) is 48.7 Å². The van der Waals surface area contributed by atoms with Gasteiger partial charge in [0.1, 0.15) is 6.61 Å². The molecule has 0 fully saturated rings. The molecule has 1 heterocycles. The summed E-state index contributed by atoms with van der Waals surface area (Å²) in [5.41, 5.74) is 1.65. The maximum absolute atomic E-state index is 11.9. The molecule has 0 saturated carbocycles. The Morgan fingerprint density at radius 3 is 2.64 bits per heavy atom. The van der Waals surface area contributed by atoms with Gasteiger partial charge in [-0.05, 0) is 29.5 Å². The zero-order valence-electron chi connectivity index (χ0n) is 12.1. The topological polar surface area (TPSA) is 75.6 Å². The lowest BCUT2D eigenvalue weighted by atomic mass is 10.1. The monoisotopic (exact) mass is 319 g/mol. The maximum atomic E-state index is 11.9. The molecule has 2 aromatic rings. The third kappa shape index (κ3) is 4.89. The number of rotatable bonds is 6. The molecule has 0 aliphatic carbocycles. The van der Waals surface area contributed by atoms with Gasteiger partial charge in [-0.1, -0.05) is 30.3 Å². The summed E-state index contributed by atoms with van der Waals surface area (Å²) in [4.78, 5) is 23.9. The molecule has 1 aromatic heterocycles. The Bertz CT molecular complexity index is 639. The van der Waals surface area contributed by atoms with Gasteiger partial charge in [-0.25, -0.2) is 4.79 Å². The minimum atomic E-state index is -0.975. The van der Waals surface area contributed by atoms with Crippen LogP contribution in [0.2, 0.25) is 0 Å². The van der Waals surface area contributed by atoms with E-state index in [0.717, 1.165) is 16.0 Å². The van der Waals surface area contributed by atoms with Crippen molar-refractivity contribution in [2.75, 3.05) is 0 Å². The Morgan fingerprint density at radius 2 is 2.05 bits per heavy atom. The summed E-state index contributed by atoms with van der Waals surface area (Å²) in [6.45, 7) is 2.08. The molecule has 1 atom stereocenters. The molecule has 0 bridgehead atoms. The van der Waals surface area contributed by atoms with E-state index in [1.54, 1.807) is 0 Å². The smallest absolute Gasteiger partial charge is 0.407 e. The molecule has 0 radical (unpaired) electrons. The number of aliphatic carboxylic acids is 1. The maximum Gasteiger partial charge on any atom is 0.407 e. The first-order valence-electron chi connectivity index (χ1n) is 6.78. The second-order valence-corrected chi connectivity index (χ2v) is 5.96. The fourth-order valence-electron chi connectivity index (χ4n) is 1.98. The zero-order valence-corrected chi connectivity index (χ0v) is 12.9. The van der Waals surface area contributed by atoms with Crippen molar-refractivity contribution in [2.45, 2.75) is 26.0 Å². The first-order valence-corrected chi connectivity index (χ1v) is 7.66. The van der Waals surface area contributed by atoms with E-state index in [1.165, 1.54) is 11.3 Å². The van der Waals surface area contributed by atoms with Gasteiger partial charge >= 0.3 is 12.1 Å². The number of carboxylic acids is 1. The number of nitrogens with one attached hydrogen (secondary N) is 1. The van der Waals surface area contributed by atoms with Crippen LogP contribution in [0, 0.1) is 6.92 Å². The molecule has 1 unspecified atom stereocenters. The molecule has 116 valence electrons. The molecule has 1 amide bonds. The molecule has 0 spiro atoms. The minimum Gasteiger partial charge on any atom is -0.481 e. The molecule has 6 heteroatoms. The van der Waals surface area contributed by atoms with Crippen LogP contribution in [0.5, 0.6) is 0 Å². The molecular weight excluding hydrogens is 302 g/mol. The van der Waals surface area contributed by atoms with Crippen molar-refractivity contribution >= 4 is 23.4 Å². The average molecular weight is 319 g/mol. The predicted molar refractivity (Wildman–Crippen MR) is 83.8 cm³/mol. The van der Waals surface area contributed by atoms with Crippen molar-refractivity contribution in [3.05, 3.63) is 57.8 Å². The number of hydrogen-bond donors (Lipinski definition) is 2. The summed E-state index contributed by atoms with van der Waals surface area (Å²) in [5.74, 6) is -0.975. The number of carbonyl (C=O) groups is 2. The van der Waals surface area contributed by atoms with Crippen molar-refractivity contribution in [1.82, 2.24) is 5.32 Å². The van der Waals surface area contributed by atoms with Crippen LogP contribution in [0.1, 0.15) is 28.5 Å². The third-order valence-electron chi connectivity index (χ3n) is 3.04. The van der Waals surface area contributed by atoms with Crippen molar-refractivity contribution < 1.29 is 19.4 Å². The zero-order chi connectivity index (χ0) is 15.9. The van der Waals surface area contributed by atoms with Gasteiger partial charge in [-0.3, -0.25) is 4.79 Å². The first-order chi connectivity index (χ1) is 10.5. The van der Waals surface area contributed by atoms with Crippen LogP contribution in [0.15, 0.2) is 41.8 Å². The Kier molecular flexibility index (Phi) is 5.55. The molecular formula is C16H17NO4S. The molecule has 0 aliphatic rings. The fourth-order valence-corrected chi connectivity index (χ4v) is 2.74. The van der Waals surface area contributed by atoms with Crippen molar-refractivity contribution in [3.63, 3.8) is 0 Å². The number of carboxylic acid groups (broad SMARTS) is 1. The fraction of sp³-hybridized carbons (Fsp3) is 0.250. The molecule has 2 N–H and O–H groups in total. The molecule has 2 rings (SSSR count). The van der Waals surface area contributed by atoms with E-state index in [2.05, 4.69) is 5.32 Å². The van der Waals surface area contributed by atoms with E-state index in [9.17, 15) is 9.59 Å². The Morgan fingerprint density at radius 1 is 1.32 bits per heavy atom. The van der Waals surface area contributed by atoms with E-state index in [4.69, 9.17) is 9.84 Å². The third-order valence-corrected chi connectivity index (χ3v) is 3.92. The van der Waals surface area contributed by atoms with Crippen LogP contribution in [0.4, 0.5) is 4.79 Å². The summed E-state index contributed by atoms with van der Waals surface area (Å²) in [5, 5.41) is 13.4. The highest BCUT2D eigenvalue weighted by molar-refractivity contribution is 7.10. The van der Waals surface area contributed by atoms with E-state index in [-0.39, 0.29) is 13.0 Å².